The molecule has 0 saturated heterocycles. The number of benzene rings is 2. The molecule has 0 bridgehead atoms. The Morgan fingerprint density at radius 2 is 1.52 bits per heavy atom. The number of fused-ring (bicyclic) bond motifs is 3. The number of aliphatic hydroxyl groups excluding tert-OH is 1. The summed E-state index contributed by atoms with van der Waals surface area (Å²) in [5.41, 5.74) is 2.29. The van der Waals surface area contributed by atoms with Crippen molar-refractivity contribution in [2.45, 2.75) is 50.9 Å². The van der Waals surface area contributed by atoms with Crippen LogP contribution in [-0.4, -0.2) is 21.8 Å². The molecule has 25 heavy (non-hydrogen) atoms. The van der Waals surface area contributed by atoms with E-state index in [0.29, 0.717) is 6.04 Å². The van der Waals surface area contributed by atoms with E-state index in [1.165, 1.54) is 36.5 Å². The second-order valence-corrected chi connectivity index (χ2v) is 8.86. The van der Waals surface area contributed by atoms with Crippen LogP contribution in [-0.2, 0) is 0 Å². The van der Waals surface area contributed by atoms with Crippen molar-refractivity contribution in [3.8, 4) is 0 Å². The van der Waals surface area contributed by atoms with Crippen molar-refractivity contribution in [3.05, 3.63) is 45.3 Å². The lowest BCUT2D eigenvalue weighted by Crippen LogP contribution is -2.40. The molecule has 4 rings (SSSR count). The van der Waals surface area contributed by atoms with E-state index in [2.05, 4.69) is 78.1 Å². The summed E-state index contributed by atoms with van der Waals surface area (Å²) in [6.07, 6.45) is 4.32. The Kier molecular flexibility index (Phi) is 4.93. The summed E-state index contributed by atoms with van der Waals surface area (Å²) in [6.45, 7) is 1.88. The number of aliphatic hydroxyl groups is 1. The van der Waals surface area contributed by atoms with Crippen LogP contribution in [0.5, 0.6) is 0 Å². The third kappa shape index (κ3) is 3.27. The average molecular weight is 466 g/mol. The van der Waals surface area contributed by atoms with Gasteiger partial charge in [-0.2, -0.15) is 0 Å². The van der Waals surface area contributed by atoms with Crippen molar-refractivity contribution < 1.29 is 5.11 Å². The highest BCUT2D eigenvalue weighted by Gasteiger charge is 2.26. The van der Waals surface area contributed by atoms with E-state index in [9.17, 15) is 5.11 Å². The fourth-order valence-electron chi connectivity index (χ4n) is 4.06. The van der Waals surface area contributed by atoms with Gasteiger partial charge in [-0.25, -0.2) is 0 Å². The Morgan fingerprint density at radius 1 is 1.00 bits per heavy atom. The Labute approximate surface area is 164 Å². The van der Waals surface area contributed by atoms with Crippen LogP contribution in [0.1, 0.15) is 38.8 Å². The van der Waals surface area contributed by atoms with Crippen LogP contribution >= 0.6 is 31.9 Å². The van der Waals surface area contributed by atoms with Gasteiger partial charge in [-0.05, 0) is 56.2 Å². The quantitative estimate of drug-likeness (QED) is 0.516. The molecule has 1 aliphatic carbocycles. The average Bonchev–Trinajstić information content (AvgIpc) is 3.18. The Balaban J connectivity index is 1.93. The summed E-state index contributed by atoms with van der Waals surface area (Å²) < 4.78 is 4.40. The van der Waals surface area contributed by atoms with Crippen molar-refractivity contribution in [2.75, 3.05) is 0 Å². The summed E-state index contributed by atoms with van der Waals surface area (Å²) in [6, 6.07) is 13.2. The van der Waals surface area contributed by atoms with Crippen LogP contribution in [0.4, 0.5) is 0 Å². The molecule has 2 aromatic carbocycles. The second kappa shape index (κ2) is 7.03. The molecule has 1 aromatic heterocycles. The molecular weight excluding hydrogens is 444 g/mol. The first kappa shape index (κ1) is 17.5. The van der Waals surface area contributed by atoms with Crippen LogP contribution in [0.3, 0.4) is 0 Å². The third-order valence-electron chi connectivity index (χ3n) is 5.22. The van der Waals surface area contributed by atoms with Crippen LogP contribution < -0.4 is 5.32 Å². The summed E-state index contributed by atoms with van der Waals surface area (Å²) in [5.74, 6) is 0. The van der Waals surface area contributed by atoms with Gasteiger partial charge >= 0.3 is 0 Å². The Hall–Kier alpha value is -0.880. The maximum atomic E-state index is 10.6. The molecule has 1 saturated carbocycles. The monoisotopic (exact) mass is 464 g/mol. The summed E-state index contributed by atoms with van der Waals surface area (Å²) >= 11 is 7.19. The molecule has 0 radical (unpaired) electrons. The van der Waals surface area contributed by atoms with Gasteiger partial charge in [0.1, 0.15) is 6.17 Å². The molecule has 0 aliphatic heterocycles. The smallest absolute Gasteiger partial charge is 0.111 e. The van der Waals surface area contributed by atoms with E-state index < -0.39 is 6.10 Å². The largest absolute Gasteiger partial charge is 0.390 e. The zero-order valence-corrected chi connectivity index (χ0v) is 17.3. The van der Waals surface area contributed by atoms with E-state index in [-0.39, 0.29) is 6.17 Å². The summed E-state index contributed by atoms with van der Waals surface area (Å²) in [7, 11) is 0. The maximum absolute atomic E-state index is 10.6. The van der Waals surface area contributed by atoms with Crippen LogP contribution in [0.25, 0.3) is 21.8 Å². The fourth-order valence-corrected chi connectivity index (χ4v) is 4.78. The van der Waals surface area contributed by atoms with Crippen molar-refractivity contribution in [1.29, 1.82) is 0 Å². The first-order valence-corrected chi connectivity index (χ1v) is 10.5. The lowest BCUT2D eigenvalue weighted by molar-refractivity contribution is 0.106. The minimum Gasteiger partial charge on any atom is -0.390 e. The van der Waals surface area contributed by atoms with Crippen LogP contribution in [0.15, 0.2) is 45.3 Å². The van der Waals surface area contributed by atoms with Gasteiger partial charge < -0.3 is 9.67 Å². The molecule has 132 valence electrons. The standard InChI is InChI=1S/C20H22Br2N2O/c1-12(25)20(23-15-4-2-3-5-15)24-18-8-6-13(21)10-16(18)17-11-14(22)7-9-19(17)24/h6-12,15,20,23,25H,2-5H2,1H3. The van der Waals surface area contributed by atoms with Gasteiger partial charge in [0.25, 0.3) is 0 Å². The first-order valence-electron chi connectivity index (χ1n) is 8.87. The molecule has 1 fully saturated rings. The molecule has 2 unspecified atom stereocenters. The molecule has 5 heteroatoms. The van der Waals surface area contributed by atoms with Gasteiger partial charge in [0, 0.05) is 25.8 Å². The number of rotatable bonds is 4. The van der Waals surface area contributed by atoms with Gasteiger partial charge in [0.2, 0.25) is 0 Å². The molecule has 0 amide bonds. The molecule has 0 spiro atoms. The Bertz CT molecular complexity index is 854. The molecule has 2 N–H and O–H groups in total. The maximum Gasteiger partial charge on any atom is 0.111 e. The number of hydrogen-bond donors (Lipinski definition) is 2. The minimum absolute atomic E-state index is 0.134. The highest BCUT2D eigenvalue weighted by Crippen LogP contribution is 2.36. The lowest BCUT2D eigenvalue weighted by Gasteiger charge is -2.28. The number of nitrogens with zero attached hydrogens (tertiary/aromatic N) is 1. The van der Waals surface area contributed by atoms with Crippen molar-refractivity contribution in [3.63, 3.8) is 0 Å². The fraction of sp³-hybridized carbons (Fsp3) is 0.400. The third-order valence-corrected chi connectivity index (χ3v) is 6.21. The zero-order chi connectivity index (χ0) is 17.6. The SMILES string of the molecule is CC(O)C(NC1CCCC1)n1c2ccc(Br)cc2c2cc(Br)ccc21. The van der Waals surface area contributed by atoms with Crippen molar-refractivity contribution in [2.24, 2.45) is 0 Å². The molecular formula is C20H22Br2N2O. The minimum atomic E-state index is -0.480. The topological polar surface area (TPSA) is 37.2 Å². The van der Waals surface area contributed by atoms with Crippen LogP contribution in [0.2, 0.25) is 0 Å². The summed E-state index contributed by atoms with van der Waals surface area (Å²) in [5, 5.41) is 16.7. The van der Waals surface area contributed by atoms with Gasteiger partial charge in [0.15, 0.2) is 0 Å². The molecule has 1 heterocycles. The van der Waals surface area contributed by atoms with Gasteiger partial charge in [0.05, 0.1) is 17.1 Å². The molecule has 1 aliphatic rings. The second-order valence-electron chi connectivity index (χ2n) is 7.03. The van der Waals surface area contributed by atoms with E-state index in [1.54, 1.807) is 0 Å². The predicted molar refractivity (Wildman–Crippen MR) is 111 cm³/mol. The Morgan fingerprint density at radius 3 is 2.00 bits per heavy atom. The first-order chi connectivity index (χ1) is 12.0. The highest BCUT2D eigenvalue weighted by atomic mass is 79.9. The number of nitrogens with one attached hydrogen (secondary N) is 1. The summed E-state index contributed by atoms with van der Waals surface area (Å²) in [4.78, 5) is 0. The molecule has 3 aromatic rings. The highest BCUT2D eigenvalue weighted by molar-refractivity contribution is 9.10. The van der Waals surface area contributed by atoms with E-state index >= 15 is 0 Å². The number of halogens is 2. The lowest BCUT2D eigenvalue weighted by atomic mass is 10.2. The molecule has 3 nitrogen and oxygen atoms in total. The zero-order valence-electron chi connectivity index (χ0n) is 14.2. The van der Waals surface area contributed by atoms with Gasteiger partial charge in [-0.3, -0.25) is 5.32 Å². The number of hydrogen-bond acceptors (Lipinski definition) is 2. The van der Waals surface area contributed by atoms with Crippen LogP contribution in [0, 0.1) is 0 Å². The van der Waals surface area contributed by atoms with E-state index in [1.807, 2.05) is 6.92 Å². The van der Waals surface area contributed by atoms with Crippen molar-refractivity contribution >= 4 is 53.7 Å². The predicted octanol–water partition coefficient (Wildman–Crippen LogP) is 5.73. The van der Waals surface area contributed by atoms with E-state index in [4.69, 9.17) is 0 Å². The normalized spacial score (nSPS) is 18.2. The van der Waals surface area contributed by atoms with E-state index in [0.717, 1.165) is 20.0 Å². The van der Waals surface area contributed by atoms with Gasteiger partial charge in [-0.1, -0.05) is 44.7 Å². The van der Waals surface area contributed by atoms with Crippen molar-refractivity contribution in [1.82, 2.24) is 9.88 Å². The van der Waals surface area contributed by atoms with Gasteiger partial charge in [-0.15, -0.1) is 0 Å². The number of aromatic nitrogens is 1. The molecule has 2 atom stereocenters.